The molecule has 0 spiro atoms. The van der Waals surface area contributed by atoms with Crippen molar-refractivity contribution < 1.29 is 14.0 Å². The number of hydrogen-bond donors (Lipinski definition) is 2. The summed E-state index contributed by atoms with van der Waals surface area (Å²) in [4.78, 5) is 29.0. The number of carbonyl (C=O) groups is 2. The third kappa shape index (κ3) is 5.86. The van der Waals surface area contributed by atoms with Crippen molar-refractivity contribution in [1.29, 1.82) is 0 Å². The number of hydrogen-bond acceptors (Lipinski definition) is 6. The molecular formula is C30H39FN8O2. The molecule has 0 saturated carbocycles. The number of piperidine rings is 2. The van der Waals surface area contributed by atoms with Crippen LogP contribution < -0.4 is 10.6 Å². The van der Waals surface area contributed by atoms with E-state index in [0.29, 0.717) is 43.4 Å². The highest BCUT2D eigenvalue weighted by Crippen LogP contribution is 2.35. The van der Waals surface area contributed by atoms with Gasteiger partial charge in [-0.2, -0.15) is 10.2 Å². The van der Waals surface area contributed by atoms with E-state index in [1.165, 1.54) is 6.07 Å². The maximum absolute atomic E-state index is 15.3. The van der Waals surface area contributed by atoms with Gasteiger partial charge in [0.15, 0.2) is 5.82 Å². The van der Waals surface area contributed by atoms with E-state index in [1.54, 1.807) is 23.9 Å². The van der Waals surface area contributed by atoms with Crippen LogP contribution in [0.4, 0.5) is 15.9 Å². The quantitative estimate of drug-likeness (QED) is 0.476. The molecule has 0 bridgehead atoms. The fraction of sp³-hybridized carbons (Fsp3) is 0.533. The number of aromatic nitrogens is 4. The van der Waals surface area contributed by atoms with Crippen LogP contribution in [-0.4, -0.2) is 73.9 Å². The van der Waals surface area contributed by atoms with E-state index in [2.05, 4.69) is 20.4 Å². The molecule has 0 unspecified atom stereocenters. The molecule has 3 aliphatic heterocycles. The van der Waals surface area contributed by atoms with E-state index < -0.39 is 0 Å². The molecule has 2 N–H and O–H groups in total. The first-order valence-electron chi connectivity index (χ1n) is 14.8. The van der Waals surface area contributed by atoms with Gasteiger partial charge in [0.05, 0.1) is 24.5 Å². The van der Waals surface area contributed by atoms with Crippen molar-refractivity contribution in [3.8, 4) is 11.1 Å². The topological polar surface area (TPSA) is 100 Å². The molecule has 6 rings (SSSR count). The average molecular weight is 563 g/mol. The Morgan fingerprint density at radius 2 is 1.85 bits per heavy atom. The maximum Gasteiger partial charge on any atom is 0.222 e. The molecule has 2 aromatic heterocycles. The Morgan fingerprint density at radius 3 is 2.54 bits per heavy atom. The van der Waals surface area contributed by atoms with Crippen LogP contribution in [-0.2, 0) is 29.6 Å². The summed E-state index contributed by atoms with van der Waals surface area (Å²) in [6.45, 7) is 6.09. The molecule has 2 saturated heterocycles. The van der Waals surface area contributed by atoms with Gasteiger partial charge in [0.2, 0.25) is 11.8 Å². The van der Waals surface area contributed by atoms with Gasteiger partial charge >= 0.3 is 0 Å². The van der Waals surface area contributed by atoms with Gasteiger partial charge in [0.1, 0.15) is 5.82 Å². The highest BCUT2D eigenvalue weighted by molar-refractivity contribution is 5.76. The highest BCUT2D eigenvalue weighted by Gasteiger charge is 2.32. The van der Waals surface area contributed by atoms with Gasteiger partial charge in [-0.05, 0) is 62.4 Å². The normalized spacial score (nSPS) is 18.4. The van der Waals surface area contributed by atoms with Crippen molar-refractivity contribution in [3.63, 3.8) is 0 Å². The summed E-state index contributed by atoms with van der Waals surface area (Å²) in [5.41, 5.74) is 3.96. The number of carbonyl (C=O) groups excluding carboxylic acids is 2. The number of anilines is 2. The van der Waals surface area contributed by atoms with Gasteiger partial charge in [0.25, 0.3) is 0 Å². The summed E-state index contributed by atoms with van der Waals surface area (Å²) in [7, 11) is 1.83. The number of amides is 2. The molecule has 10 nitrogen and oxygen atoms in total. The predicted octanol–water partition coefficient (Wildman–Crippen LogP) is 3.62. The van der Waals surface area contributed by atoms with Gasteiger partial charge in [-0.15, -0.1) is 0 Å². The maximum atomic E-state index is 15.3. The first-order chi connectivity index (χ1) is 19.9. The second kappa shape index (κ2) is 11.6. The van der Waals surface area contributed by atoms with Crippen LogP contribution in [0.1, 0.15) is 56.3 Å². The summed E-state index contributed by atoms with van der Waals surface area (Å²) >= 11 is 0. The molecule has 0 radical (unpaired) electrons. The number of nitrogens with zero attached hydrogens (tertiary/aromatic N) is 6. The number of likely N-dealkylation sites (tertiary alicyclic amines) is 1. The lowest BCUT2D eigenvalue weighted by atomic mass is 9.93. The first kappa shape index (κ1) is 27.4. The number of nitrogens with one attached hydrogen (secondary N) is 2. The zero-order valence-corrected chi connectivity index (χ0v) is 23.9. The van der Waals surface area contributed by atoms with Crippen LogP contribution in [0.2, 0.25) is 0 Å². The summed E-state index contributed by atoms with van der Waals surface area (Å²) in [6, 6.07) is 5.25. The Morgan fingerprint density at radius 1 is 1.07 bits per heavy atom. The molecule has 41 heavy (non-hydrogen) atoms. The standard InChI is InChI=1S/C30H39FN8O2/c1-20(40)38-14-9-28-25(19-38)30(34-27-4-3-22(16-26(27)31)23-17-33-36(2)18-23)35-39(28)24-7-12-37(13-8-24)29(41)15-21-5-10-32-11-6-21/h3-4,16-18,21,24,32H,5-15,19H2,1-2H3,(H,34,35). The predicted molar refractivity (Wildman–Crippen MR) is 154 cm³/mol. The van der Waals surface area contributed by atoms with Gasteiger partial charge < -0.3 is 20.4 Å². The molecule has 0 atom stereocenters. The second-order valence-electron chi connectivity index (χ2n) is 11.6. The van der Waals surface area contributed by atoms with Crippen molar-refractivity contribution in [2.24, 2.45) is 13.0 Å². The monoisotopic (exact) mass is 562 g/mol. The molecule has 0 aliphatic carbocycles. The van der Waals surface area contributed by atoms with Crippen molar-refractivity contribution in [2.75, 3.05) is 38.0 Å². The van der Waals surface area contributed by atoms with E-state index in [-0.39, 0.29) is 23.7 Å². The van der Waals surface area contributed by atoms with E-state index >= 15 is 4.39 Å². The zero-order valence-electron chi connectivity index (χ0n) is 23.9. The van der Waals surface area contributed by atoms with Crippen LogP contribution in [0.3, 0.4) is 0 Å². The Kier molecular flexibility index (Phi) is 7.79. The van der Waals surface area contributed by atoms with Crippen molar-refractivity contribution >= 4 is 23.3 Å². The Bertz CT molecular complexity index is 1420. The third-order valence-corrected chi connectivity index (χ3v) is 8.88. The van der Waals surface area contributed by atoms with Crippen LogP contribution in [0, 0.1) is 11.7 Å². The van der Waals surface area contributed by atoms with Gasteiger partial charge in [-0.3, -0.25) is 19.0 Å². The third-order valence-electron chi connectivity index (χ3n) is 8.88. The van der Waals surface area contributed by atoms with E-state index in [1.807, 2.05) is 29.1 Å². The minimum absolute atomic E-state index is 0.0157. The molecule has 11 heteroatoms. The van der Waals surface area contributed by atoms with Crippen LogP contribution in [0.5, 0.6) is 0 Å². The van der Waals surface area contributed by atoms with E-state index in [9.17, 15) is 9.59 Å². The largest absolute Gasteiger partial charge is 0.343 e. The minimum atomic E-state index is -0.380. The lowest BCUT2D eigenvalue weighted by Crippen LogP contribution is -2.41. The lowest BCUT2D eigenvalue weighted by molar-refractivity contribution is -0.133. The summed E-state index contributed by atoms with van der Waals surface area (Å²) in [5.74, 6) is 0.971. The van der Waals surface area contributed by atoms with Crippen molar-refractivity contribution in [3.05, 3.63) is 47.7 Å². The van der Waals surface area contributed by atoms with Crippen LogP contribution >= 0.6 is 0 Å². The van der Waals surface area contributed by atoms with Gasteiger partial charge in [-0.25, -0.2) is 4.39 Å². The molecule has 3 aromatic rings. The number of fused-ring (bicyclic) bond motifs is 1. The lowest BCUT2D eigenvalue weighted by Gasteiger charge is -2.35. The smallest absolute Gasteiger partial charge is 0.222 e. The van der Waals surface area contributed by atoms with Crippen LogP contribution in [0.25, 0.3) is 11.1 Å². The summed E-state index contributed by atoms with van der Waals surface area (Å²) in [5, 5.41) is 15.8. The number of rotatable bonds is 6. The minimum Gasteiger partial charge on any atom is -0.343 e. The van der Waals surface area contributed by atoms with Crippen molar-refractivity contribution in [1.82, 2.24) is 34.7 Å². The number of halogens is 1. The van der Waals surface area contributed by atoms with Gasteiger partial charge in [-0.1, -0.05) is 6.07 Å². The molecule has 218 valence electrons. The summed E-state index contributed by atoms with van der Waals surface area (Å²) < 4.78 is 19.1. The first-order valence-corrected chi connectivity index (χ1v) is 14.8. The zero-order chi connectivity index (χ0) is 28.5. The van der Waals surface area contributed by atoms with E-state index in [4.69, 9.17) is 5.10 Å². The molecule has 3 aliphatic rings. The Hall–Kier alpha value is -3.73. The SMILES string of the molecule is CC(=O)N1CCc2c(c(Nc3ccc(-c4cnn(C)c4)cc3F)nn2C2CCN(C(=O)CC3CCNCC3)CC2)C1. The van der Waals surface area contributed by atoms with Crippen molar-refractivity contribution in [2.45, 2.75) is 58.0 Å². The molecule has 5 heterocycles. The van der Waals surface area contributed by atoms with Gasteiger partial charge in [0, 0.05) is 69.5 Å². The summed E-state index contributed by atoms with van der Waals surface area (Å²) in [6.07, 6.45) is 8.70. The average Bonchev–Trinajstić information content (AvgIpc) is 3.58. The van der Waals surface area contributed by atoms with Crippen LogP contribution in [0.15, 0.2) is 30.6 Å². The molecular weight excluding hydrogens is 523 g/mol. The fourth-order valence-corrected chi connectivity index (χ4v) is 6.43. The number of benzene rings is 1. The number of aryl methyl sites for hydroxylation is 1. The Labute approximate surface area is 239 Å². The van der Waals surface area contributed by atoms with E-state index in [0.717, 1.165) is 74.2 Å². The molecule has 2 fully saturated rings. The fourth-order valence-electron chi connectivity index (χ4n) is 6.43. The second-order valence-corrected chi connectivity index (χ2v) is 11.6. The highest BCUT2D eigenvalue weighted by atomic mass is 19.1. The molecule has 1 aromatic carbocycles. The molecule has 2 amide bonds. The Balaban J connectivity index is 1.19.